The van der Waals surface area contributed by atoms with Gasteiger partial charge in [0.25, 0.3) is 0 Å². The minimum atomic E-state index is 0.0419. The van der Waals surface area contributed by atoms with Crippen LogP contribution in [0, 0.1) is 0 Å². The summed E-state index contributed by atoms with van der Waals surface area (Å²) in [5.41, 5.74) is 9.84. The van der Waals surface area contributed by atoms with Gasteiger partial charge in [-0.25, -0.2) is 0 Å². The minimum Gasteiger partial charge on any atom is -0.397 e. The predicted octanol–water partition coefficient (Wildman–Crippen LogP) is 1.66. The molecule has 1 heterocycles. The van der Waals surface area contributed by atoms with E-state index in [2.05, 4.69) is 29.6 Å². The molecule has 1 aromatic carbocycles. The maximum absolute atomic E-state index is 11.4. The molecule has 1 aromatic rings. The topological polar surface area (TPSA) is 70.4 Å². The fourth-order valence-corrected chi connectivity index (χ4v) is 3.07. The molecule has 1 saturated carbocycles. The molecule has 0 aromatic heterocycles. The number of nitrogens with zero attached hydrogens (tertiary/aromatic N) is 1. The second-order valence-corrected chi connectivity index (χ2v) is 6.15. The van der Waals surface area contributed by atoms with Crippen molar-refractivity contribution in [3.05, 3.63) is 17.7 Å². The van der Waals surface area contributed by atoms with Gasteiger partial charge in [0.2, 0.25) is 5.91 Å². The van der Waals surface area contributed by atoms with Gasteiger partial charge in [0.15, 0.2) is 0 Å². The summed E-state index contributed by atoms with van der Waals surface area (Å²) in [7, 11) is 4.26. The van der Waals surface area contributed by atoms with E-state index in [-0.39, 0.29) is 11.4 Å². The highest BCUT2D eigenvalue weighted by atomic mass is 16.1. The van der Waals surface area contributed by atoms with Crippen LogP contribution in [0.25, 0.3) is 0 Å². The van der Waals surface area contributed by atoms with Crippen molar-refractivity contribution in [2.75, 3.05) is 37.0 Å². The van der Waals surface area contributed by atoms with Gasteiger partial charge in [0.1, 0.15) is 0 Å². The van der Waals surface area contributed by atoms with Crippen LogP contribution in [0.5, 0.6) is 0 Å². The number of anilines is 3. The van der Waals surface area contributed by atoms with Crippen molar-refractivity contribution in [3.8, 4) is 0 Å². The number of hydrogen-bond donors (Lipinski definition) is 3. The van der Waals surface area contributed by atoms with E-state index in [1.807, 2.05) is 12.1 Å². The molecule has 1 fully saturated rings. The first-order valence-electron chi connectivity index (χ1n) is 7.14. The van der Waals surface area contributed by atoms with Crippen molar-refractivity contribution in [1.82, 2.24) is 4.90 Å². The van der Waals surface area contributed by atoms with Gasteiger partial charge in [-0.1, -0.05) is 0 Å². The average molecular weight is 274 g/mol. The Bertz CT molecular complexity index is 549. The van der Waals surface area contributed by atoms with E-state index in [0.717, 1.165) is 23.5 Å². The molecule has 0 saturated heterocycles. The van der Waals surface area contributed by atoms with Gasteiger partial charge >= 0.3 is 0 Å². The highest BCUT2D eigenvalue weighted by Crippen LogP contribution is 2.37. The summed E-state index contributed by atoms with van der Waals surface area (Å²) in [6.07, 6.45) is 4.15. The van der Waals surface area contributed by atoms with Gasteiger partial charge < -0.3 is 21.3 Å². The first-order valence-corrected chi connectivity index (χ1v) is 7.14. The van der Waals surface area contributed by atoms with E-state index in [4.69, 9.17) is 5.73 Å². The standard InChI is InChI=1S/C15H22N4O/c1-19(2)15(4-3-5-15)9-17-13-8-12-10(6-11(13)16)7-14(20)18-12/h6,8,17H,3-5,7,9,16H2,1-2H3,(H,18,20). The van der Waals surface area contributed by atoms with Crippen LogP contribution in [0.3, 0.4) is 0 Å². The lowest BCUT2D eigenvalue weighted by atomic mass is 9.75. The first-order chi connectivity index (χ1) is 9.50. The number of carbonyl (C=O) groups is 1. The van der Waals surface area contributed by atoms with E-state index in [9.17, 15) is 4.79 Å². The van der Waals surface area contributed by atoms with Crippen molar-refractivity contribution in [1.29, 1.82) is 0 Å². The van der Waals surface area contributed by atoms with E-state index in [1.165, 1.54) is 19.3 Å². The van der Waals surface area contributed by atoms with Crippen LogP contribution in [-0.4, -0.2) is 37.0 Å². The molecule has 3 rings (SSSR count). The number of likely N-dealkylation sites (N-methyl/N-ethyl adjacent to an activating group) is 1. The molecule has 0 atom stereocenters. The van der Waals surface area contributed by atoms with Crippen LogP contribution < -0.4 is 16.4 Å². The molecule has 5 heteroatoms. The lowest BCUT2D eigenvalue weighted by molar-refractivity contribution is -0.115. The Balaban J connectivity index is 1.75. The molecular weight excluding hydrogens is 252 g/mol. The number of fused-ring (bicyclic) bond motifs is 1. The molecule has 20 heavy (non-hydrogen) atoms. The molecule has 2 aliphatic rings. The molecule has 0 radical (unpaired) electrons. The summed E-state index contributed by atoms with van der Waals surface area (Å²) >= 11 is 0. The van der Waals surface area contributed by atoms with Gasteiger partial charge in [-0.2, -0.15) is 0 Å². The summed E-state index contributed by atoms with van der Waals surface area (Å²) in [4.78, 5) is 13.7. The number of nitrogens with one attached hydrogen (secondary N) is 2. The van der Waals surface area contributed by atoms with Crippen LogP contribution in [0.1, 0.15) is 24.8 Å². The fourth-order valence-electron chi connectivity index (χ4n) is 3.07. The number of hydrogen-bond acceptors (Lipinski definition) is 4. The van der Waals surface area contributed by atoms with Gasteiger partial charge in [0.05, 0.1) is 17.8 Å². The number of amides is 1. The van der Waals surface area contributed by atoms with Crippen molar-refractivity contribution in [2.45, 2.75) is 31.2 Å². The number of nitrogen functional groups attached to an aromatic ring is 1. The molecular formula is C15H22N4O. The normalized spacial score (nSPS) is 19.4. The van der Waals surface area contributed by atoms with Gasteiger partial charge in [0, 0.05) is 17.8 Å². The second kappa shape index (κ2) is 4.66. The van der Waals surface area contributed by atoms with Crippen molar-refractivity contribution in [2.24, 2.45) is 0 Å². The number of nitrogens with two attached hydrogens (primary N) is 1. The number of benzene rings is 1. The first kappa shape index (κ1) is 13.2. The smallest absolute Gasteiger partial charge is 0.228 e. The third-order valence-electron chi connectivity index (χ3n) is 4.74. The monoisotopic (exact) mass is 274 g/mol. The highest BCUT2D eigenvalue weighted by Gasteiger charge is 2.38. The molecule has 1 aliphatic heterocycles. The van der Waals surface area contributed by atoms with Crippen LogP contribution >= 0.6 is 0 Å². The highest BCUT2D eigenvalue weighted by molar-refractivity contribution is 6.00. The van der Waals surface area contributed by atoms with Gasteiger partial charge in [-0.15, -0.1) is 0 Å². The lowest BCUT2D eigenvalue weighted by Gasteiger charge is -2.47. The molecule has 1 amide bonds. The molecule has 108 valence electrons. The van der Waals surface area contributed by atoms with Gasteiger partial charge in [-0.3, -0.25) is 4.79 Å². The van der Waals surface area contributed by atoms with Crippen LogP contribution in [0.4, 0.5) is 17.1 Å². The third-order valence-corrected chi connectivity index (χ3v) is 4.74. The van der Waals surface area contributed by atoms with E-state index >= 15 is 0 Å². The average Bonchev–Trinajstić information content (AvgIpc) is 2.66. The van der Waals surface area contributed by atoms with Crippen LogP contribution in [0.2, 0.25) is 0 Å². The maximum atomic E-state index is 11.4. The van der Waals surface area contributed by atoms with E-state index in [0.29, 0.717) is 12.1 Å². The molecule has 4 N–H and O–H groups in total. The maximum Gasteiger partial charge on any atom is 0.228 e. The third kappa shape index (κ3) is 2.12. The number of carbonyl (C=O) groups excluding carboxylic acids is 1. The Morgan fingerprint density at radius 2 is 2.15 bits per heavy atom. The Morgan fingerprint density at radius 1 is 1.40 bits per heavy atom. The fraction of sp³-hybridized carbons (Fsp3) is 0.533. The zero-order chi connectivity index (χ0) is 14.3. The SMILES string of the molecule is CN(C)C1(CNc2cc3c(cc2N)CC(=O)N3)CCC1. The molecule has 5 nitrogen and oxygen atoms in total. The zero-order valence-electron chi connectivity index (χ0n) is 12.1. The lowest BCUT2D eigenvalue weighted by Crippen LogP contribution is -2.54. The Kier molecular flexibility index (Phi) is 3.09. The van der Waals surface area contributed by atoms with E-state index in [1.54, 1.807) is 0 Å². The largest absolute Gasteiger partial charge is 0.397 e. The predicted molar refractivity (Wildman–Crippen MR) is 81.9 cm³/mol. The Labute approximate surface area is 119 Å². The second-order valence-electron chi connectivity index (χ2n) is 6.15. The quantitative estimate of drug-likeness (QED) is 0.730. The van der Waals surface area contributed by atoms with Crippen molar-refractivity contribution < 1.29 is 4.79 Å². The van der Waals surface area contributed by atoms with Crippen LogP contribution in [0.15, 0.2) is 12.1 Å². The number of rotatable bonds is 4. The molecule has 0 bridgehead atoms. The molecule has 0 spiro atoms. The molecule has 0 unspecified atom stereocenters. The summed E-state index contributed by atoms with van der Waals surface area (Å²) in [5.74, 6) is 0.0419. The van der Waals surface area contributed by atoms with Crippen molar-refractivity contribution in [3.63, 3.8) is 0 Å². The summed E-state index contributed by atoms with van der Waals surface area (Å²) in [5, 5.41) is 6.33. The Morgan fingerprint density at radius 3 is 2.75 bits per heavy atom. The minimum absolute atomic E-state index is 0.0419. The summed E-state index contributed by atoms with van der Waals surface area (Å²) in [6, 6.07) is 3.86. The zero-order valence-corrected chi connectivity index (χ0v) is 12.1. The molecule has 1 aliphatic carbocycles. The van der Waals surface area contributed by atoms with Crippen LogP contribution in [-0.2, 0) is 11.2 Å². The van der Waals surface area contributed by atoms with E-state index < -0.39 is 0 Å². The van der Waals surface area contributed by atoms with Crippen molar-refractivity contribution >= 4 is 23.0 Å². The van der Waals surface area contributed by atoms with Gasteiger partial charge in [-0.05, 0) is 51.1 Å². The Hall–Kier alpha value is -1.75. The summed E-state index contributed by atoms with van der Waals surface area (Å²) < 4.78 is 0. The summed E-state index contributed by atoms with van der Waals surface area (Å²) in [6.45, 7) is 0.886.